The molecule has 0 atom stereocenters. The first-order chi connectivity index (χ1) is 19.3. The molecule has 2 N–H and O–H groups in total. The highest BCUT2D eigenvalue weighted by Gasteiger charge is 2.25. The zero-order valence-electron chi connectivity index (χ0n) is 24.2. The van der Waals surface area contributed by atoms with Crippen LogP contribution in [0.3, 0.4) is 0 Å². The molecule has 3 aromatic rings. The van der Waals surface area contributed by atoms with Gasteiger partial charge in [-0.05, 0) is 67.8 Å². The molecule has 4 rings (SSSR count). The summed E-state index contributed by atoms with van der Waals surface area (Å²) in [5, 5.41) is 5.79. The van der Waals surface area contributed by atoms with Gasteiger partial charge in [-0.15, -0.1) is 0 Å². The number of urea groups is 1. The van der Waals surface area contributed by atoms with Crippen LogP contribution in [0.5, 0.6) is 5.75 Å². The number of ether oxygens (including phenoxy) is 1. The van der Waals surface area contributed by atoms with E-state index in [4.69, 9.17) is 4.74 Å². The van der Waals surface area contributed by atoms with Crippen LogP contribution < -0.4 is 25.2 Å². The number of nitrogens with zero attached hydrogens (tertiary/aromatic N) is 3. The average molecular weight is 544 g/mol. The minimum atomic E-state index is -0.350. The van der Waals surface area contributed by atoms with Crippen LogP contribution in [-0.2, 0) is 0 Å². The Hall–Kier alpha value is -4.20. The quantitative estimate of drug-likeness (QED) is 0.333. The lowest BCUT2D eigenvalue weighted by Gasteiger charge is -2.38. The fourth-order valence-corrected chi connectivity index (χ4v) is 5.07. The number of nitrogens with one attached hydrogen (secondary N) is 2. The van der Waals surface area contributed by atoms with E-state index in [1.807, 2.05) is 73.3 Å². The largest absolute Gasteiger partial charge is 0.495 e. The number of amides is 3. The molecule has 1 fully saturated rings. The minimum Gasteiger partial charge on any atom is -0.495 e. The number of rotatable bonds is 9. The van der Waals surface area contributed by atoms with Gasteiger partial charge in [-0.1, -0.05) is 38.1 Å². The summed E-state index contributed by atoms with van der Waals surface area (Å²) in [5.74, 6) is 1.24. The van der Waals surface area contributed by atoms with E-state index >= 15 is 0 Å². The van der Waals surface area contributed by atoms with E-state index in [0.29, 0.717) is 35.9 Å². The van der Waals surface area contributed by atoms with Crippen LogP contribution in [0.2, 0.25) is 0 Å². The molecule has 3 aromatic carbocycles. The van der Waals surface area contributed by atoms with Crippen LogP contribution in [-0.4, -0.2) is 63.2 Å². The Morgan fingerprint density at radius 1 is 0.825 bits per heavy atom. The second-order valence-corrected chi connectivity index (χ2v) is 10.2. The third-order valence-corrected chi connectivity index (χ3v) is 7.42. The molecule has 1 heterocycles. The van der Waals surface area contributed by atoms with Gasteiger partial charge in [0.25, 0.3) is 5.91 Å². The van der Waals surface area contributed by atoms with Gasteiger partial charge in [0.15, 0.2) is 0 Å². The molecule has 0 spiro atoms. The van der Waals surface area contributed by atoms with Crippen molar-refractivity contribution in [3.05, 3.63) is 77.9 Å². The van der Waals surface area contributed by atoms with Crippen LogP contribution in [0.15, 0.2) is 66.7 Å². The number of hydrogen-bond acceptors (Lipinski definition) is 5. The maximum absolute atomic E-state index is 13.6. The van der Waals surface area contributed by atoms with Crippen LogP contribution in [0.1, 0.15) is 49.5 Å². The van der Waals surface area contributed by atoms with E-state index in [-0.39, 0.29) is 11.9 Å². The summed E-state index contributed by atoms with van der Waals surface area (Å²) in [5.41, 5.74) is 5.05. The number of carbonyl (C=O) groups is 2. The number of carbonyl (C=O) groups excluding carboxylic acids is 2. The highest BCUT2D eigenvalue weighted by Crippen LogP contribution is 2.31. The first kappa shape index (κ1) is 28.8. The predicted octanol–water partition coefficient (Wildman–Crippen LogP) is 6.27. The fourth-order valence-electron chi connectivity index (χ4n) is 5.07. The number of anilines is 4. The van der Waals surface area contributed by atoms with Gasteiger partial charge in [-0.2, -0.15) is 0 Å². The molecule has 0 aliphatic carbocycles. The van der Waals surface area contributed by atoms with Gasteiger partial charge < -0.3 is 30.1 Å². The van der Waals surface area contributed by atoms with Gasteiger partial charge >= 0.3 is 6.03 Å². The predicted molar refractivity (Wildman–Crippen MR) is 164 cm³/mol. The monoisotopic (exact) mass is 543 g/mol. The highest BCUT2D eigenvalue weighted by molar-refractivity contribution is 6.04. The second-order valence-electron chi connectivity index (χ2n) is 10.2. The molecule has 1 saturated heterocycles. The normalized spacial score (nSPS) is 13.2. The van der Waals surface area contributed by atoms with Gasteiger partial charge in [0.2, 0.25) is 0 Å². The summed E-state index contributed by atoms with van der Waals surface area (Å²) in [4.78, 5) is 32.8. The van der Waals surface area contributed by atoms with E-state index in [1.165, 1.54) is 5.56 Å². The molecule has 8 nitrogen and oxygen atoms in total. The van der Waals surface area contributed by atoms with Crippen molar-refractivity contribution in [3.8, 4) is 5.75 Å². The van der Waals surface area contributed by atoms with Crippen LogP contribution >= 0.6 is 0 Å². The molecule has 212 valence electrons. The first-order valence-electron chi connectivity index (χ1n) is 14.1. The summed E-state index contributed by atoms with van der Waals surface area (Å²) in [6.45, 7) is 12.6. The van der Waals surface area contributed by atoms with Crippen molar-refractivity contribution in [1.29, 1.82) is 0 Å². The van der Waals surface area contributed by atoms with Crippen molar-refractivity contribution in [2.24, 2.45) is 0 Å². The molecule has 3 amide bonds. The molecule has 40 heavy (non-hydrogen) atoms. The lowest BCUT2D eigenvalue weighted by molar-refractivity contribution is 0.0773. The summed E-state index contributed by atoms with van der Waals surface area (Å²) in [6, 6.07) is 21.1. The van der Waals surface area contributed by atoms with Crippen molar-refractivity contribution in [2.75, 3.05) is 66.8 Å². The average Bonchev–Trinajstić information content (AvgIpc) is 2.98. The molecule has 0 radical (unpaired) electrons. The molecular formula is C32H41N5O3. The molecule has 0 aromatic heterocycles. The second kappa shape index (κ2) is 13.2. The Balaban J connectivity index is 1.51. The van der Waals surface area contributed by atoms with Crippen molar-refractivity contribution < 1.29 is 14.3 Å². The lowest BCUT2D eigenvalue weighted by atomic mass is 10.0. The number of hydrogen-bond donors (Lipinski definition) is 2. The number of piperazine rings is 1. The van der Waals surface area contributed by atoms with Crippen molar-refractivity contribution in [2.45, 2.75) is 33.6 Å². The van der Waals surface area contributed by atoms with Crippen molar-refractivity contribution in [1.82, 2.24) is 4.90 Å². The maximum atomic E-state index is 13.6. The van der Waals surface area contributed by atoms with Gasteiger partial charge in [-0.3, -0.25) is 4.79 Å². The zero-order valence-corrected chi connectivity index (χ0v) is 24.2. The third kappa shape index (κ3) is 6.68. The van der Waals surface area contributed by atoms with Crippen LogP contribution in [0.4, 0.5) is 27.5 Å². The molecule has 0 unspecified atom stereocenters. The molecule has 1 aliphatic heterocycles. The number of benzene rings is 3. The smallest absolute Gasteiger partial charge is 0.323 e. The summed E-state index contributed by atoms with van der Waals surface area (Å²) >= 11 is 0. The van der Waals surface area contributed by atoms with Crippen LogP contribution in [0, 0.1) is 0 Å². The van der Waals surface area contributed by atoms with E-state index in [0.717, 1.165) is 43.3 Å². The Morgan fingerprint density at radius 3 is 2.00 bits per heavy atom. The van der Waals surface area contributed by atoms with E-state index in [9.17, 15) is 9.59 Å². The number of methoxy groups -OCH3 is 1. The van der Waals surface area contributed by atoms with Gasteiger partial charge in [-0.25, -0.2) is 4.79 Å². The van der Waals surface area contributed by atoms with Gasteiger partial charge in [0.1, 0.15) is 5.75 Å². The first-order valence-corrected chi connectivity index (χ1v) is 14.1. The molecule has 1 aliphatic rings. The Bertz CT molecular complexity index is 1300. The lowest BCUT2D eigenvalue weighted by Crippen LogP contribution is -2.47. The fraction of sp³-hybridized carbons (Fsp3) is 0.375. The van der Waals surface area contributed by atoms with Gasteiger partial charge in [0, 0.05) is 56.3 Å². The highest BCUT2D eigenvalue weighted by atomic mass is 16.5. The standard InChI is InChI=1S/C32H41N5O3/c1-6-35(7-2)31(38)27-22-26(34-32(39)33-25-14-12-24(13-15-25)23(3)4)16-17-28(27)36-18-20-37(21-19-36)29-10-8-9-11-30(29)40-5/h8-17,22-23H,6-7,18-21H2,1-5H3,(H2,33,34,39). The van der Waals surface area contributed by atoms with Crippen molar-refractivity contribution >= 4 is 34.7 Å². The van der Waals surface area contributed by atoms with Crippen molar-refractivity contribution in [3.63, 3.8) is 0 Å². The summed E-state index contributed by atoms with van der Waals surface area (Å²) in [6.07, 6.45) is 0. The zero-order chi connectivity index (χ0) is 28.6. The number of para-hydroxylation sites is 2. The third-order valence-electron chi connectivity index (χ3n) is 7.42. The Morgan fingerprint density at radius 2 is 1.40 bits per heavy atom. The molecule has 0 bridgehead atoms. The summed E-state index contributed by atoms with van der Waals surface area (Å²) in [7, 11) is 1.69. The molecular weight excluding hydrogens is 502 g/mol. The SMILES string of the molecule is CCN(CC)C(=O)c1cc(NC(=O)Nc2ccc(C(C)C)cc2)ccc1N1CCN(c2ccccc2OC)CC1. The Kier molecular flexibility index (Phi) is 9.53. The minimum absolute atomic E-state index is 0.0412. The van der Waals surface area contributed by atoms with E-state index < -0.39 is 0 Å². The Labute approximate surface area is 237 Å². The van der Waals surface area contributed by atoms with E-state index in [1.54, 1.807) is 13.2 Å². The van der Waals surface area contributed by atoms with E-state index in [2.05, 4.69) is 40.3 Å². The van der Waals surface area contributed by atoms with Crippen LogP contribution in [0.25, 0.3) is 0 Å². The maximum Gasteiger partial charge on any atom is 0.323 e. The molecule has 0 saturated carbocycles. The topological polar surface area (TPSA) is 77.2 Å². The molecule has 8 heteroatoms. The summed E-state index contributed by atoms with van der Waals surface area (Å²) < 4.78 is 5.56. The van der Waals surface area contributed by atoms with Gasteiger partial charge in [0.05, 0.1) is 18.4 Å².